The lowest BCUT2D eigenvalue weighted by Gasteiger charge is -2.37. The van der Waals surface area contributed by atoms with Crippen LogP contribution in [0, 0.1) is 0 Å². The molecule has 1 fully saturated rings. The lowest BCUT2D eigenvalue weighted by atomic mass is 10.0. The highest BCUT2D eigenvalue weighted by Gasteiger charge is 2.30. The third-order valence-electron chi connectivity index (χ3n) is 4.00. The number of ether oxygens (including phenoxy) is 1. The Labute approximate surface area is 139 Å². The molecular formula is C17H30N4O2. The van der Waals surface area contributed by atoms with Crippen LogP contribution in [-0.2, 0) is 11.3 Å². The zero-order chi connectivity index (χ0) is 16.9. The largest absolute Gasteiger partial charge is 0.444 e. The van der Waals surface area contributed by atoms with Crippen LogP contribution < -0.4 is 5.32 Å². The second kappa shape index (κ2) is 7.81. The third-order valence-corrected chi connectivity index (χ3v) is 4.00. The van der Waals surface area contributed by atoms with Gasteiger partial charge in [0.25, 0.3) is 0 Å². The molecule has 1 aliphatic heterocycles. The summed E-state index contributed by atoms with van der Waals surface area (Å²) in [6.45, 7) is 10.4. The van der Waals surface area contributed by atoms with Gasteiger partial charge in [0.2, 0.25) is 0 Å². The van der Waals surface area contributed by atoms with Gasteiger partial charge in [0, 0.05) is 44.1 Å². The fourth-order valence-corrected chi connectivity index (χ4v) is 2.89. The highest BCUT2D eigenvalue weighted by atomic mass is 16.6. The first-order chi connectivity index (χ1) is 10.8. The van der Waals surface area contributed by atoms with Crippen LogP contribution in [0.4, 0.5) is 4.79 Å². The summed E-state index contributed by atoms with van der Waals surface area (Å²) < 4.78 is 7.61. The van der Waals surface area contributed by atoms with Crippen molar-refractivity contribution in [2.24, 2.45) is 0 Å². The minimum atomic E-state index is -0.443. The number of imidazole rings is 1. The summed E-state index contributed by atoms with van der Waals surface area (Å²) in [5.41, 5.74) is -0.443. The number of hydrogen-bond donors (Lipinski definition) is 1. The predicted molar refractivity (Wildman–Crippen MR) is 90.3 cm³/mol. The van der Waals surface area contributed by atoms with Gasteiger partial charge in [0.1, 0.15) is 5.60 Å². The van der Waals surface area contributed by atoms with E-state index in [1.54, 1.807) is 6.20 Å². The van der Waals surface area contributed by atoms with E-state index in [9.17, 15) is 4.79 Å². The molecule has 2 atom stereocenters. The number of likely N-dealkylation sites (tertiary alicyclic amines) is 1. The Morgan fingerprint density at radius 2 is 2.22 bits per heavy atom. The summed E-state index contributed by atoms with van der Waals surface area (Å²) in [5.74, 6) is 0. The Morgan fingerprint density at radius 1 is 1.43 bits per heavy atom. The molecule has 0 aromatic carbocycles. The number of rotatable bonds is 5. The lowest BCUT2D eigenvalue weighted by Crippen LogP contribution is -2.51. The molecule has 1 aliphatic rings. The third kappa shape index (κ3) is 5.86. The fourth-order valence-electron chi connectivity index (χ4n) is 2.89. The second-order valence-electron chi connectivity index (χ2n) is 7.39. The molecule has 0 saturated carbocycles. The second-order valence-corrected chi connectivity index (χ2v) is 7.39. The molecule has 2 unspecified atom stereocenters. The number of hydrogen-bond acceptors (Lipinski definition) is 4. The number of aromatic nitrogens is 2. The maximum atomic E-state index is 12.4. The molecule has 0 aliphatic carbocycles. The summed E-state index contributed by atoms with van der Waals surface area (Å²) in [4.78, 5) is 18.3. The molecule has 130 valence electrons. The molecule has 6 heteroatoms. The Balaban J connectivity index is 1.84. The van der Waals surface area contributed by atoms with Gasteiger partial charge >= 0.3 is 6.09 Å². The van der Waals surface area contributed by atoms with Crippen molar-refractivity contribution in [3.63, 3.8) is 0 Å². The summed E-state index contributed by atoms with van der Waals surface area (Å²) in [5, 5.41) is 3.54. The van der Waals surface area contributed by atoms with Gasteiger partial charge in [-0.15, -0.1) is 0 Å². The van der Waals surface area contributed by atoms with E-state index in [1.807, 2.05) is 38.2 Å². The van der Waals surface area contributed by atoms with Crippen molar-refractivity contribution in [1.29, 1.82) is 0 Å². The Hall–Kier alpha value is -1.56. The van der Waals surface area contributed by atoms with E-state index < -0.39 is 5.60 Å². The van der Waals surface area contributed by atoms with E-state index in [0.29, 0.717) is 6.04 Å². The van der Waals surface area contributed by atoms with Gasteiger partial charge < -0.3 is 19.5 Å². The molecule has 2 heterocycles. The molecule has 2 rings (SSSR count). The van der Waals surface area contributed by atoms with Crippen LogP contribution in [0.25, 0.3) is 0 Å². The summed E-state index contributed by atoms with van der Waals surface area (Å²) >= 11 is 0. The SMILES string of the molecule is CC(Cn1ccnc1)NCC1CCCCN1C(=O)OC(C)(C)C. The highest BCUT2D eigenvalue weighted by Crippen LogP contribution is 2.20. The van der Waals surface area contributed by atoms with Crippen LogP contribution in [0.2, 0.25) is 0 Å². The van der Waals surface area contributed by atoms with Crippen molar-refractivity contribution in [2.45, 2.75) is 71.2 Å². The average Bonchev–Trinajstić information content (AvgIpc) is 2.96. The molecule has 23 heavy (non-hydrogen) atoms. The molecule has 1 N–H and O–H groups in total. The lowest BCUT2D eigenvalue weighted by molar-refractivity contribution is 0.00965. The summed E-state index contributed by atoms with van der Waals surface area (Å²) in [7, 11) is 0. The number of carbonyl (C=O) groups excluding carboxylic acids is 1. The normalized spacial score (nSPS) is 20.3. The highest BCUT2D eigenvalue weighted by molar-refractivity contribution is 5.68. The van der Waals surface area contributed by atoms with E-state index in [1.165, 1.54) is 6.42 Å². The molecule has 6 nitrogen and oxygen atoms in total. The Morgan fingerprint density at radius 3 is 2.87 bits per heavy atom. The van der Waals surface area contributed by atoms with Crippen LogP contribution >= 0.6 is 0 Å². The first-order valence-electron chi connectivity index (χ1n) is 8.54. The van der Waals surface area contributed by atoms with Crippen molar-refractivity contribution in [3.8, 4) is 0 Å². The number of nitrogens with one attached hydrogen (secondary N) is 1. The van der Waals surface area contributed by atoms with Crippen LogP contribution in [0.3, 0.4) is 0 Å². The zero-order valence-electron chi connectivity index (χ0n) is 14.8. The number of piperidine rings is 1. The van der Waals surface area contributed by atoms with E-state index >= 15 is 0 Å². The molecule has 0 spiro atoms. The van der Waals surface area contributed by atoms with E-state index in [2.05, 4.69) is 21.8 Å². The van der Waals surface area contributed by atoms with Crippen molar-refractivity contribution in [3.05, 3.63) is 18.7 Å². The van der Waals surface area contributed by atoms with Crippen molar-refractivity contribution in [1.82, 2.24) is 19.8 Å². The van der Waals surface area contributed by atoms with Gasteiger partial charge in [-0.25, -0.2) is 9.78 Å². The fraction of sp³-hybridized carbons (Fsp3) is 0.765. The van der Waals surface area contributed by atoms with Gasteiger partial charge in [-0.1, -0.05) is 0 Å². The van der Waals surface area contributed by atoms with E-state index in [0.717, 1.165) is 32.5 Å². The molecule has 1 aromatic heterocycles. The smallest absolute Gasteiger partial charge is 0.410 e. The molecule has 1 aromatic rings. The maximum Gasteiger partial charge on any atom is 0.410 e. The number of carbonyl (C=O) groups is 1. The number of nitrogens with zero attached hydrogens (tertiary/aromatic N) is 3. The first kappa shape index (κ1) is 17.8. The van der Waals surface area contributed by atoms with Gasteiger partial charge in [0.05, 0.1) is 6.33 Å². The minimum absolute atomic E-state index is 0.189. The topological polar surface area (TPSA) is 59.4 Å². The molecule has 1 amide bonds. The van der Waals surface area contributed by atoms with Gasteiger partial charge in [0.15, 0.2) is 0 Å². The molecule has 0 bridgehead atoms. The first-order valence-corrected chi connectivity index (χ1v) is 8.54. The van der Waals surface area contributed by atoms with Gasteiger partial charge in [-0.3, -0.25) is 0 Å². The van der Waals surface area contributed by atoms with Crippen molar-refractivity contribution < 1.29 is 9.53 Å². The van der Waals surface area contributed by atoms with Crippen LogP contribution in [-0.4, -0.2) is 51.3 Å². The molecule has 0 radical (unpaired) electrons. The van der Waals surface area contributed by atoms with E-state index in [-0.39, 0.29) is 12.1 Å². The van der Waals surface area contributed by atoms with Crippen LogP contribution in [0.15, 0.2) is 18.7 Å². The quantitative estimate of drug-likeness (QED) is 0.905. The Bertz CT molecular complexity index is 481. The molecule has 1 saturated heterocycles. The predicted octanol–water partition coefficient (Wildman–Crippen LogP) is 2.65. The van der Waals surface area contributed by atoms with Gasteiger partial charge in [-0.05, 0) is 47.0 Å². The van der Waals surface area contributed by atoms with Crippen molar-refractivity contribution in [2.75, 3.05) is 13.1 Å². The average molecular weight is 322 g/mol. The summed E-state index contributed by atoms with van der Waals surface area (Å²) in [6, 6.07) is 0.537. The standard InChI is InChI=1S/C17H30N4O2/c1-14(12-20-10-8-18-13-20)19-11-15-7-5-6-9-21(15)16(22)23-17(2,3)4/h8,10,13-15,19H,5-7,9,11-12H2,1-4H3. The van der Waals surface area contributed by atoms with Crippen molar-refractivity contribution >= 4 is 6.09 Å². The number of amides is 1. The zero-order valence-corrected chi connectivity index (χ0v) is 14.8. The van der Waals surface area contributed by atoms with Crippen LogP contribution in [0.5, 0.6) is 0 Å². The van der Waals surface area contributed by atoms with Gasteiger partial charge in [-0.2, -0.15) is 0 Å². The minimum Gasteiger partial charge on any atom is -0.444 e. The summed E-state index contributed by atoms with van der Waals surface area (Å²) in [6.07, 6.45) is 8.65. The molecular weight excluding hydrogens is 292 g/mol. The monoisotopic (exact) mass is 322 g/mol. The van der Waals surface area contributed by atoms with E-state index in [4.69, 9.17) is 4.74 Å². The Kier molecular flexibility index (Phi) is 6.04. The maximum absolute atomic E-state index is 12.4. The van der Waals surface area contributed by atoms with Crippen LogP contribution in [0.1, 0.15) is 47.0 Å².